The van der Waals surface area contributed by atoms with Crippen LogP contribution in [0.1, 0.15) is 27.5 Å². The van der Waals surface area contributed by atoms with Gasteiger partial charge >= 0.3 is 5.97 Å². The summed E-state index contributed by atoms with van der Waals surface area (Å²) in [5.74, 6) is -0.303. The lowest BCUT2D eigenvalue weighted by molar-refractivity contribution is 0.0689. The van der Waals surface area contributed by atoms with Crippen LogP contribution < -0.4 is 0 Å². The fourth-order valence-electron chi connectivity index (χ4n) is 1.45. The highest BCUT2D eigenvalue weighted by molar-refractivity contribution is 5.85. The molecule has 2 rings (SSSR count). The number of aromatic carboxylic acids is 1. The summed E-state index contributed by atoms with van der Waals surface area (Å²) in [7, 11) is 0. The summed E-state index contributed by atoms with van der Waals surface area (Å²) < 4.78 is 6.57. The Balaban J connectivity index is 2.24. The van der Waals surface area contributed by atoms with Crippen LogP contribution in [0.15, 0.2) is 16.8 Å². The van der Waals surface area contributed by atoms with Gasteiger partial charge in [0.25, 0.3) is 0 Å². The molecule has 1 N–H and O–H groups in total. The van der Waals surface area contributed by atoms with Crippen LogP contribution in [0.3, 0.4) is 0 Å². The SMILES string of the molecule is Cc1noc(C)c1Cn1ccc(C(=O)O)n1. The zero-order valence-corrected chi connectivity index (χ0v) is 8.97. The second-order valence-electron chi connectivity index (χ2n) is 3.51. The quantitative estimate of drug-likeness (QED) is 0.843. The van der Waals surface area contributed by atoms with Gasteiger partial charge in [-0.2, -0.15) is 5.10 Å². The van der Waals surface area contributed by atoms with E-state index in [1.165, 1.54) is 6.07 Å². The fourth-order valence-corrected chi connectivity index (χ4v) is 1.45. The Morgan fingerprint density at radius 3 is 2.81 bits per heavy atom. The Morgan fingerprint density at radius 2 is 2.31 bits per heavy atom. The number of nitrogens with zero attached hydrogens (tertiary/aromatic N) is 3. The van der Waals surface area contributed by atoms with Crippen molar-refractivity contribution in [3.63, 3.8) is 0 Å². The van der Waals surface area contributed by atoms with E-state index in [1.54, 1.807) is 10.9 Å². The molecule has 2 aromatic rings. The standard InChI is InChI=1S/C10H11N3O3/c1-6-8(7(2)16-12-6)5-13-4-3-9(11-13)10(14)15/h3-4H,5H2,1-2H3,(H,14,15). The first-order valence-corrected chi connectivity index (χ1v) is 4.76. The molecule has 0 saturated carbocycles. The number of hydrogen-bond acceptors (Lipinski definition) is 4. The van der Waals surface area contributed by atoms with E-state index in [1.807, 2.05) is 13.8 Å². The van der Waals surface area contributed by atoms with Gasteiger partial charge in [0.15, 0.2) is 5.69 Å². The highest BCUT2D eigenvalue weighted by atomic mass is 16.5. The molecule has 0 unspecified atom stereocenters. The van der Waals surface area contributed by atoms with Gasteiger partial charge in [0, 0.05) is 11.8 Å². The zero-order chi connectivity index (χ0) is 11.7. The van der Waals surface area contributed by atoms with Gasteiger partial charge in [0.1, 0.15) is 5.76 Å². The van der Waals surface area contributed by atoms with Crippen molar-refractivity contribution in [2.24, 2.45) is 0 Å². The van der Waals surface area contributed by atoms with Gasteiger partial charge in [-0.25, -0.2) is 4.79 Å². The van der Waals surface area contributed by atoms with E-state index in [-0.39, 0.29) is 5.69 Å². The molecular formula is C10H11N3O3. The first-order valence-electron chi connectivity index (χ1n) is 4.76. The molecule has 0 spiro atoms. The smallest absolute Gasteiger partial charge is 0.356 e. The monoisotopic (exact) mass is 221 g/mol. The summed E-state index contributed by atoms with van der Waals surface area (Å²) in [4.78, 5) is 10.6. The molecule has 2 aromatic heterocycles. The summed E-state index contributed by atoms with van der Waals surface area (Å²) >= 11 is 0. The third-order valence-electron chi connectivity index (χ3n) is 2.36. The van der Waals surface area contributed by atoms with Crippen molar-refractivity contribution in [1.82, 2.24) is 14.9 Å². The van der Waals surface area contributed by atoms with Gasteiger partial charge in [-0.3, -0.25) is 4.68 Å². The number of aromatic nitrogens is 3. The maximum absolute atomic E-state index is 10.6. The molecule has 0 saturated heterocycles. The highest BCUT2D eigenvalue weighted by Gasteiger charge is 2.11. The number of rotatable bonds is 3. The summed E-state index contributed by atoms with van der Waals surface area (Å²) in [6, 6.07) is 1.46. The van der Waals surface area contributed by atoms with Gasteiger partial charge in [0.2, 0.25) is 0 Å². The maximum Gasteiger partial charge on any atom is 0.356 e. The number of carbonyl (C=O) groups is 1. The molecule has 6 heteroatoms. The number of aryl methyl sites for hydroxylation is 2. The van der Waals surface area contributed by atoms with Gasteiger partial charge in [0.05, 0.1) is 12.2 Å². The summed E-state index contributed by atoms with van der Waals surface area (Å²) in [6.07, 6.45) is 1.62. The van der Waals surface area contributed by atoms with Crippen molar-refractivity contribution in [3.05, 3.63) is 35.0 Å². The average molecular weight is 221 g/mol. The maximum atomic E-state index is 10.6. The second-order valence-corrected chi connectivity index (χ2v) is 3.51. The Bertz CT molecular complexity index is 508. The van der Waals surface area contributed by atoms with Crippen LogP contribution in [0.4, 0.5) is 0 Å². The molecule has 0 radical (unpaired) electrons. The first-order chi connectivity index (χ1) is 7.58. The number of hydrogen-bond donors (Lipinski definition) is 1. The van der Waals surface area contributed by atoms with Crippen molar-refractivity contribution in [3.8, 4) is 0 Å². The lowest BCUT2D eigenvalue weighted by Crippen LogP contribution is -2.05. The predicted molar refractivity (Wildman–Crippen MR) is 54.3 cm³/mol. The Morgan fingerprint density at radius 1 is 1.56 bits per heavy atom. The minimum absolute atomic E-state index is 0.0340. The van der Waals surface area contributed by atoms with Crippen LogP contribution in [0, 0.1) is 13.8 Å². The summed E-state index contributed by atoms with van der Waals surface area (Å²) in [5, 5.41) is 16.5. The second kappa shape index (κ2) is 3.80. The molecular weight excluding hydrogens is 210 g/mol. The van der Waals surface area contributed by atoms with Gasteiger partial charge in [-0.1, -0.05) is 5.16 Å². The van der Waals surface area contributed by atoms with Crippen LogP contribution in [0.5, 0.6) is 0 Å². The number of carboxylic acids is 1. The lowest BCUT2D eigenvalue weighted by Gasteiger charge is -1.99. The molecule has 0 aliphatic heterocycles. The third-order valence-corrected chi connectivity index (χ3v) is 2.36. The van der Waals surface area contributed by atoms with Crippen molar-refractivity contribution in [2.45, 2.75) is 20.4 Å². The van der Waals surface area contributed by atoms with E-state index in [4.69, 9.17) is 9.63 Å². The van der Waals surface area contributed by atoms with Crippen molar-refractivity contribution in [1.29, 1.82) is 0 Å². The van der Waals surface area contributed by atoms with Crippen LogP contribution in [0.2, 0.25) is 0 Å². The molecule has 0 aliphatic carbocycles. The van der Waals surface area contributed by atoms with E-state index in [0.29, 0.717) is 6.54 Å². The molecule has 0 amide bonds. The zero-order valence-electron chi connectivity index (χ0n) is 8.97. The molecule has 0 aromatic carbocycles. The van der Waals surface area contributed by atoms with Crippen LogP contribution in [0.25, 0.3) is 0 Å². The first kappa shape index (κ1) is 10.4. The van der Waals surface area contributed by atoms with E-state index in [9.17, 15) is 4.79 Å². The largest absolute Gasteiger partial charge is 0.476 e. The van der Waals surface area contributed by atoms with Crippen LogP contribution >= 0.6 is 0 Å². The van der Waals surface area contributed by atoms with Crippen LogP contribution in [-0.4, -0.2) is 26.0 Å². The van der Waals surface area contributed by atoms with Gasteiger partial charge in [-0.15, -0.1) is 0 Å². The molecule has 16 heavy (non-hydrogen) atoms. The minimum atomic E-state index is -1.03. The average Bonchev–Trinajstić information content (AvgIpc) is 2.80. The lowest BCUT2D eigenvalue weighted by atomic mass is 10.2. The third kappa shape index (κ3) is 1.81. The molecule has 0 bridgehead atoms. The molecule has 0 aliphatic rings. The Kier molecular flexibility index (Phi) is 2.47. The van der Waals surface area contributed by atoms with Crippen molar-refractivity contribution < 1.29 is 14.4 Å². The molecule has 84 valence electrons. The van der Waals surface area contributed by atoms with E-state index < -0.39 is 5.97 Å². The Hall–Kier alpha value is -2.11. The summed E-state index contributed by atoms with van der Waals surface area (Å²) in [6.45, 7) is 4.12. The predicted octanol–water partition coefficient (Wildman–Crippen LogP) is 1.23. The van der Waals surface area contributed by atoms with Crippen molar-refractivity contribution in [2.75, 3.05) is 0 Å². The minimum Gasteiger partial charge on any atom is -0.476 e. The summed E-state index contributed by atoms with van der Waals surface area (Å²) in [5.41, 5.74) is 1.76. The molecule has 0 atom stereocenters. The molecule has 0 fully saturated rings. The topological polar surface area (TPSA) is 81.2 Å². The van der Waals surface area contributed by atoms with Gasteiger partial charge < -0.3 is 9.63 Å². The normalized spacial score (nSPS) is 10.6. The Labute approximate surface area is 91.5 Å². The number of carboxylic acid groups (broad SMARTS) is 1. The van der Waals surface area contributed by atoms with E-state index in [2.05, 4.69) is 10.3 Å². The molecule has 2 heterocycles. The van der Waals surface area contributed by atoms with E-state index in [0.717, 1.165) is 17.0 Å². The van der Waals surface area contributed by atoms with Crippen LogP contribution in [-0.2, 0) is 6.54 Å². The molecule has 6 nitrogen and oxygen atoms in total. The van der Waals surface area contributed by atoms with Gasteiger partial charge in [-0.05, 0) is 19.9 Å². The van der Waals surface area contributed by atoms with E-state index >= 15 is 0 Å². The fraction of sp³-hybridized carbons (Fsp3) is 0.300. The van der Waals surface area contributed by atoms with Crippen molar-refractivity contribution >= 4 is 5.97 Å². The highest BCUT2D eigenvalue weighted by Crippen LogP contribution is 2.13.